The third-order valence-corrected chi connectivity index (χ3v) is 5.09. The molecule has 7 nitrogen and oxygen atoms in total. The number of halogens is 2. The number of ether oxygens (including phenoxy) is 2. The van der Waals surface area contributed by atoms with Crippen LogP contribution in [0.2, 0.25) is 0 Å². The first kappa shape index (κ1) is 21.2. The van der Waals surface area contributed by atoms with Gasteiger partial charge < -0.3 is 9.47 Å². The van der Waals surface area contributed by atoms with E-state index in [1.165, 1.54) is 24.9 Å². The van der Waals surface area contributed by atoms with Crippen molar-refractivity contribution in [2.24, 2.45) is 5.10 Å². The Kier molecular flexibility index (Phi) is 6.49. The molecule has 9 heteroatoms. The molecule has 0 aliphatic heterocycles. The number of esters is 1. The van der Waals surface area contributed by atoms with E-state index in [0.717, 1.165) is 4.47 Å². The third kappa shape index (κ3) is 4.56. The summed E-state index contributed by atoms with van der Waals surface area (Å²) < 4.78 is 13.1. The van der Waals surface area contributed by atoms with Crippen molar-refractivity contribution in [2.45, 2.75) is 20.3 Å². The van der Waals surface area contributed by atoms with E-state index in [1.54, 1.807) is 24.3 Å². The summed E-state index contributed by atoms with van der Waals surface area (Å²) in [5, 5.41) is 4.82. The van der Waals surface area contributed by atoms with E-state index in [9.17, 15) is 9.59 Å². The maximum atomic E-state index is 12.9. The van der Waals surface area contributed by atoms with Crippen LogP contribution in [0.1, 0.15) is 25.2 Å². The van der Waals surface area contributed by atoms with Gasteiger partial charge >= 0.3 is 5.97 Å². The fraction of sp³-hybridized carbons (Fsp3) is 0.200. The molecule has 150 valence electrons. The zero-order valence-electron chi connectivity index (χ0n) is 15.9. The van der Waals surface area contributed by atoms with Gasteiger partial charge in [0.2, 0.25) is 0 Å². The largest absolute Gasteiger partial charge is 0.493 e. The maximum absolute atomic E-state index is 12.9. The van der Waals surface area contributed by atoms with Crippen LogP contribution in [-0.2, 0) is 11.2 Å². The molecule has 3 aromatic rings. The molecule has 0 amide bonds. The van der Waals surface area contributed by atoms with Crippen molar-refractivity contribution >= 4 is 54.9 Å². The first-order valence-electron chi connectivity index (χ1n) is 8.65. The highest BCUT2D eigenvalue weighted by atomic mass is 79.9. The van der Waals surface area contributed by atoms with E-state index in [2.05, 4.69) is 41.9 Å². The summed E-state index contributed by atoms with van der Waals surface area (Å²) >= 11 is 6.75. The first-order chi connectivity index (χ1) is 13.8. The van der Waals surface area contributed by atoms with Crippen molar-refractivity contribution < 1.29 is 14.3 Å². The van der Waals surface area contributed by atoms with Gasteiger partial charge in [0.25, 0.3) is 5.56 Å². The number of benzene rings is 2. The Morgan fingerprint density at radius 3 is 2.69 bits per heavy atom. The SMILES string of the molecule is CCc1nc2ccc(Br)cc2c(=O)n1N=Cc1cc(Br)c(OC(C)=O)c(OC)c1. The van der Waals surface area contributed by atoms with Crippen LogP contribution >= 0.6 is 31.9 Å². The number of methoxy groups -OCH3 is 1. The molecule has 0 N–H and O–H groups in total. The monoisotopic (exact) mass is 521 g/mol. The van der Waals surface area contributed by atoms with E-state index in [-0.39, 0.29) is 11.3 Å². The molecule has 0 bridgehead atoms. The van der Waals surface area contributed by atoms with Crippen molar-refractivity contribution in [1.82, 2.24) is 9.66 Å². The molecule has 0 atom stereocenters. The lowest BCUT2D eigenvalue weighted by Crippen LogP contribution is -2.22. The van der Waals surface area contributed by atoms with Crippen LogP contribution in [0.25, 0.3) is 10.9 Å². The predicted molar refractivity (Wildman–Crippen MR) is 118 cm³/mol. The molecule has 2 aromatic carbocycles. The lowest BCUT2D eigenvalue weighted by atomic mass is 10.2. The predicted octanol–water partition coefficient (Wildman–Crippen LogP) is 4.30. The fourth-order valence-corrected chi connectivity index (χ4v) is 3.63. The van der Waals surface area contributed by atoms with Gasteiger partial charge in [0.15, 0.2) is 11.5 Å². The second kappa shape index (κ2) is 8.87. The Morgan fingerprint density at radius 1 is 1.28 bits per heavy atom. The van der Waals surface area contributed by atoms with Crippen molar-refractivity contribution in [2.75, 3.05) is 7.11 Å². The zero-order valence-corrected chi connectivity index (χ0v) is 19.1. The summed E-state index contributed by atoms with van der Waals surface area (Å²) in [7, 11) is 1.47. The van der Waals surface area contributed by atoms with Gasteiger partial charge in [-0.1, -0.05) is 22.9 Å². The summed E-state index contributed by atoms with van der Waals surface area (Å²) in [6, 6.07) is 8.74. The smallest absolute Gasteiger partial charge is 0.308 e. The van der Waals surface area contributed by atoms with Crippen molar-refractivity contribution in [3.63, 3.8) is 0 Å². The zero-order chi connectivity index (χ0) is 21.1. The van der Waals surface area contributed by atoms with Crippen LogP contribution in [0.5, 0.6) is 11.5 Å². The summed E-state index contributed by atoms with van der Waals surface area (Å²) in [5.41, 5.74) is 1.01. The summed E-state index contributed by atoms with van der Waals surface area (Å²) in [6.45, 7) is 3.22. The lowest BCUT2D eigenvalue weighted by Gasteiger charge is -2.11. The van der Waals surface area contributed by atoms with E-state index >= 15 is 0 Å². The van der Waals surface area contributed by atoms with E-state index in [4.69, 9.17) is 9.47 Å². The highest BCUT2D eigenvalue weighted by molar-refractivity contribution is 9.10. The Labute approximate surface area is 183 Å². The topological polar surface area (TPSA) is 82.8 Å². The second-order valence-electron chi connectivity index (χ2n) is 6.03. The number of carbonyl (C=O) groups is 1. The van der Waals surface area contributed by atoms with Crippen molar-refractivity contribution in [1.29, 1.82) is 0 Å². The Hall–Kier alpha value is -2.52. The molecule has 0 radical (unpaired) electrons. The standard InChI is InChI=1S/C20H17Br2N3O4/c1-4-18-24-16-6-5-13(21)9-14(16)20(27)25(18)23-10-12-7-15(22)19(29-11(2)26)17(8-12)28-3/h5-10H,4H2,1-3H3. The number of hydrogen-bond donors (Lipinski definition) is 0. The highest BCUT2D eigenvalue weighted by Gasteiger charge is 2.14. The van der Waals surface area contributed by atoms with Gasteiger partial charge in [0, 0.05) is 17.8 Å². The lowest BCUT2D eigenvalue weighted by molar-refractivity contribution is -0.132. The fourth-order valence-electron chi connectivity index (χ4n) is 2.72. The highest BCUT2D eigenvalue weighted by Crippen LogP contribution is 2.36. The van der Waals surface area contributed by atoms with E-state index in [0.29, 0.717) is 38.9 Å². The quantitative estimate of drug-likeness (QED) is 0.283. The molecular weight excluding hydrogens is 506 g/mol. The van der Waals surface area contributed by atoms with Crippen LogP contribution in [0.15, 0.2) is 49.2 Å². The number of hydrogen-bond acceptors (Lipinski definition) is 6. The van der Waals surface area contributed by atoms with Gasteiger partial charge in [-0.05, 0) is 51.8 Å². The summed E-state index contributed by atoms with van der Waals surface area (Å²) in [5.74, 6) is 0.724. The second-order valence-corrected chi connectivity index (χ2v) is 7.80. The minimum Gasteiger partial charge on any atom is -0.493 e. The van der Waals surface area contributed by atoms with Crippen LogP contribution in [0.3, 0.4) is 0 Å². The van der Waals surface area contributed by atoms with E-state index < -0.39 is 5.97 Å². The Balaban J connectivity index is 2.09. The average Bonchev–Trinajstić information content (AvgIpc) is 2.68. The van der Waals surface area contributed by atoms with Crippen LogP contribution in [0.4, 0.5) is 0 Å². The summed E-state index contributed by atoms with van der Waals surface area (Å²) in [6.07, 6.45) is 2.06. The van der Waals surface area contributed by atoms with Gasteiger partial charge in [-0.3, -0.25) is 9.59 Å². The van der Waals surface area contributed by atoms with Crippen LogP contribution in [0, 0.1) is 0 Å². The molecule has 0 aliphatic carbocycles. The molecule has 0 aliphatic rings. The number of nitrogens with zero attached hydrogens (tertiary/aromatic N) is 3. The maximum Gasteiger partial charge on any atom is 0.308 e. The van der Waals surface area contributed by atoms with Crippen LogP contribution in [-0.4, -0.2) is 29.0 Å². The van der Waals surface area contributed by atoms with Crippen molar-refractivity contribution in [3.8, 4) is 11.5 Å². The Bertz CT molecular complexity index is 1190. The van der Waals surface area contributed by atoms with Gasteiger partial charge in [0.05, 0.1) is 28.7 Å². The molecule has 0 unspecified atom stereocenters. The number of rotatable bonds is 5. The molecule has 1 heterocycles. The first-order valence-corrected chi connectivity index (χ1v) is 10.2. The molecule has 3 rings (SSSR count). The minimum atomic E-state index is -0.460. The van der Waals surface area contributed by atoms with Gasteiger partial charge in [-0.25, -0.2) is 4.98 Å². The normalized spacial score (nSPS) is 11.2. The molecule has 0 spiro atoms. The molecule has 0 saturated carbocycles. The van der Waals surface area contributed by atoms with Crippen LogP contribution < -0.4 is 15.0 Å². The van der Waals surface area contributed by atoms with Gasteiger partial charge in [-0.2, -0.15) is 9.78 Å². The van der Waals surface area contributed by atoms with Gasteiger partial charge in [0.1, 0.15) is 5.82 Å². The minimum absolute atomic E-state index is 0.257. The summed E-state index contributed by atoms with van der Waals surface area (Å²) in [4.78, 5) is 28.8. The van der Waals surface area contributed by atoms with Gasteiger partial charge in [-0.15, -0.1) is 0 Å². The number of carbonyl (C=O) groups excluding carboxylic acids is 1. The van der Waals surface area contributed by atoms with E-state index in [1.807, 2.05) is 13.0 Å². The molecule has 29 heavy (non-hydrogen) atoms. The Morgan fingerprint density at radius 2 is 2.03 bits per heavy atom. The number of aromatic nitrogens is 2. The molecule has 1 aromatic heterocycles. The molecule has 0 fully saturated rings. The molecule has 0 saturated heterocycles. The number of aryl methyl sites for hydroxylation is 1. The third-order valence-electron chi connectivity index (χ3n) is 4.01. The number of fused-ring (bicyclic) bond motifs is 1. The average molecular weight is 523 g/mol. The van der Waals surface area contributed by atoms with Crippen molar-refractivity contribution in [3.05, 3.63) is 61.0 Å². The molecular formula is C20H17Br2N3O4.